The Kier molecular flexibility index (Phi) is 6.10. The normalized spacial score (nSPS) is 12.2. The summed E-state index contributed by atoms with van der Waals surface area (Å²) in [6, 6.07) is 3.82. The molecule has 0 fully saturated rings. The van der Waals surface area contributed by atoms with Gasteiger partial charge in [0.2, 0.25) is 0 Å². The molecule has 2 aromatic heterocycles. The molecule has 0 spiro atoms. The van der Waals surface area contributed by atoms with E-state index in [9.17, 15) is 14.4 Å². The SMILES string of the molecule is Cc1cc(=O)n(-c2ccc(CC(N)C(=O)OCC(C)C)cn2)c(=O)n1C. The Bertz CT molecular complexity index is 897. The minimum atomic E-state index is -0.795. The zero-order valence-corrected chi connectivity index (χ0v) is 15.4. The molecule has 0 aromatic carbocycles. The van der Waals surface area contributed by atoms with Gasteiger partial charge < -0.3 is 15.0 Å². The molecular weight excluding hydrogens is 336 g/mol. The Balaban J connectivity index is 2.17. The molecule has 0 radical (unpaired) electrons. The van der Waals surface area contributed by atoms with Gasteiger partial charge in [0.25, 0.3) is 5.56 Å². The van der Waals surface area contributed by atoms with Gasteiger partial charge in [0.1, 0.15) is 11.9 Å². The minimum absolute atomic E-state index is 0.218. The number of aromatic nitrogens is 3. The molecule has 0 aliphatic carbocycles. The molecule has 0 saturated heterocycles. The van der Waals surface area contributed by atoms with Crippen molar-refractivity contribution in [1.82, 2.24) is 14.1 Å². The van der Waals surface area contributed by atoms with Crippen molar-refractivity contribution in [2.75, 3.05) is 6.61 Å². The molecule has 2 N–H and O–H groups in total. The summed E-state index contributed by atoms with van der Waals surface area (Å²) in [7, 11) is 1.59. The van der Waals surface area contributed by atoms with Crippen LogP contribution >= 0.6 is 0 Å². The fourth-order valence-electron chi connectivity index (χ4n) is 2.31. The number of pyridine rings is 1. The third-order valence-corrected chi connectivity index (χ3v) is 3.92. The van der Waals surface area contributed by atoms with Crippen LogP contribution in [-0.4, -0.2) is 32.7 Å². The number of esters is 1. The monoisotopic (exact) mass is 360 g/mol. The van der Waals surface area contributed by atoms with E-state index in [2.05, 4.69) is 4.98 Å². The van der Waals surface area contributed by atoms with Crippen LogP contribution in [-0.2, 0) is 23.0 Å². The number of hydrogen-bond donors (Lipinski definition) is 1. The third kappa shape index (κ3) is 4.45. The van der Waals surface area contributed by atoms with Gasteiger partial charge in [-0.05, 0) is 30.9 Å². The highest BCUT2D eigenvalue weighted by atomic mass is 16.5. The Labute approximate surface area is 151 Å². The van der Waals surface area contributed by atoms with Crippen LogP contribution in [0.15, 0.2) is 34.0 Å². The first-order valence-corrected chi connectivity index (χ1v) is 8.38. The summed E-state index contributed by atoms with van der Waals surface area (Å²) >= 11 is 0. The first-order valence-electron chi connectivity index (χ1n) is 8.38. The first-order chi connectivity index (χ1) is 12.2. The van der Waals surface area contributed by atoms with Crippen LogP contribution in [0.3, 0.4) is 0 Å². The molecule has 8 heteroatoms. The predicted octanol–water partition coefficient (Wildman–Crippen LogP) is 0.309. The molecule has 2 aromatic rings. The van der Waals surface area contributed by atoms with Crippen LogP contribution in [0.5, 0.6) is 0 Å². The summed E-state index contributed by atoms with van der Waals surface area (Å²) in [6.07, 6.45) is 1.75. The Hall–Kier alpha value is -2.74. The van der Waals surface area contributed by atoms with E-state index in [4.69, 9.17) is 10.5 Å². The van der Waals surface area contributed by atoms with E-state index < -0.39 is 23.3 Å². The van der Waals surface area contributed by atoms with E-state index in [1.807, 2.05) is 13.8 Å². The summed E-state index contributed by atoms with van der Waals surface area (Å²) in [5.74, 6) is -0.00996. The highest BCUT2D eigenvalue weighted by Crippen LogP contribution is 2.06. The fraction of sp³-hybridized carbons (Fsp3) is 0.444. The lowest BCUT2D eigenvalue weighted by Gasteiger charge is -2.13. The van der Waals surface area contributed by atoms with E-state index >= 15 is 0 Å². The van der Waals surface area contributed by atoms with Crippen molar-refractivity contribution in [3.05, 3.63) is 56.5 Å². The summed E-state index contributed by atoms with van der Waals surface area (Å²) < 4.78 is 7.48. The zero-order chi connectivity index (χ0) is 19.4. The van der Waals surface area contributed by atoms with E-state index in [-0.39, 0.29) is 18.2 Å². The fourth-order valence-corrected chi connectivity index (χ4v) is 2.31. The molecule has 2 heterocycles. The van der Waals surface area contributed by atoms with Gasteiger partial charge in [-0.2, -0.15) is 0 Å². The lowest BCUT2D eigenvalue weighted by Crippen LogP contribution is -2.38. The molecule has 140 valence electrons. The van der Waals surface area contributed by atoms with Gasteiger partial charge in [0, 0.05) is 25.0 Å². The number of rotatable bonds is 6. The van der Waals surface area contributed by atoms with E-state index in [0.717, 1.165) is 4.57 Å². The largest absolute Gasteiger partial charge is 0.464 e. The summed E-state index contributed by atoms with van der Waals surface area (Å²) in [5, 5.41) is 0. The summed E-state index contributed by atoms with van der Waals surface area (Å²) in [5.41, 5.74) is 6.22. The average molecular weight is 360 g/mol. The van der Waals surface area contributed by atoms with Crippen LogP contribution in [0.1, 0.15) is 25.1 Å². The lowest BCUT2D eigenvalue weighted by molar-refractivity contribution is -0.146. The van der Waals surface area contributed by atoms with E-state index in [1.165, 1.54) is 16.8 Å². The maximum atomic E-state index is 12.3. The molecule has 1 unspecified atom stereocenters. The second kappa shape index (κ2) is 8.09. The Morgan fingerprint density at radius 3 is 2.58 bits per heavy atom. The number of hydrogen-bond acceptors (Lipinski definition) is 6. The number of ether oxygens (including phenoxy) is 1. The minimum Gasteiger partial charge on any atom is -0.464 e. The van der Waals surface area contributed by atoms with Crippen LogP contribution in [0.2, 0.25) is 0 Å². The van der Waals surface area contributed by atoms with Crippen LogP contribution < -0.4 is 17.0 Å². The van der Waals surface area contributed by atoms with Gasteiger partial charge in [-0.3, -0.25) is 9.59 Å². The maximum Gasteiger partial charge on any atom is 0.336 e. The van der Waals surface area contributed by atoms with Crippen LogP contribution in [0.4, 0.5) is 0 Å². The molecule has 8 nitrogen and oxygen atoms in total. The van der Waals surface area contributed by atoms with Gasteiger partial charge >= 0.3 is 11.7 Å². The molecule has 26 heavy (non-hydrogen) atoms. The van der Waals surface area contributed by atoms with Gasteiger partial charge in [-0.15, -0.1) is 0 Å². The highest BCUT2D eigenvalue weighted by molar-refractivity contribution is 5.75. The zero-order valence-electron chi connectivity index (χ0n) is 15.4. The summed E-state index contributed by atoms with van der Waals surface area (Å²) in [4.78, 5) is 40.4. The number of nitrogens with two attached hydrogens (primary N) is 1. The van der Waals surface area contributed by atoms with Crippen molar-refractivity contribution in [2.45, 2.75) is 33.2 Å². The van der Waals surface area contributed by atoms with E-state index in [0.29, 0.717) is 17.9 Å². The second-order valence-corrected chi connectivity index (χ2v) is 6.66. The number of nitrogens with zero attached hydrogens (tertiary/aromatic N) is 3. The average Bonchev–Trinajstić information content (AvgIpc) is 2.59. The second-order valence-electron chi connectivity index (χ2n) is 6.66. The molecule has 0 aliphatic rings. The Morgan fingerprint density at radius 1 is 1.31 bits per heavy atom. The van der Waals surface area contributed by atoms with Crippen molar-refractivity contribution in [1.29, 1.82) is 0 Å². The van der Waals surface area contributed by atoms with Crippen molar-refractivity contribution in [3.8, 4) is 5.82 Å². The van der Waals surface area contributed by atoms with Gasteiger partial charge in [0.05, 0.1) is 6.61 Å². The molecule has 0 aliphatic heterocycles. The molecule has 2 rings (SSSR count). The van der Waals surface area contributed by atoms with Gasteiger partial charge in [-0.1, -0.05) is 19.9 Å². The maximum absolute atomic E-state index is 12.3. The standard InChI is InChI=1S/C18H24N4O4/c1-11(2)10-26-17(24)14(19)8-13-5-6-15(20-9-13)22-16(23)7-12(3)21(4)18(22)25/h5-7,9,11,14H,8,10,19H2,1-4H3. The molecule has 0 bridgehead atoms. The number of carbonyl (C=O) groups is 1. The Morgan fingerprint density at radius 2 is 2.00 bits per heavy atom. The quantitative estimate of drug-likeness (QED) is 0.743. The summed E-state index contributed by atoms with van der Waals surface area (Å²) in [6.45, 7) is 5.89. The molecular formula is C18H24N4O4. The highest BCUT2D eigenvalue weighted by Gasteiger charge is 2.17. The first kappa shape index (κ1) is 19.6. The van der Waals surface area contributed by atoms with Gasteiger partial charge in [-0.25, -0.2) is 14.3 Å². The lowest BCUT2D eigenvalue weighted by atomic mass is 10.1. The molecule has 0 saturated carbocycles. The van der Waals surface area contributed by atoms with Crippen LogP contribution in [0, 0.1) is 12.8 Å². The van der Waals surface area contributed by atoms with Crippen molar-refractivity contribution in [2.24, 2.45) is 18.7 Å². The van der Waals surface area contributed by atoms with Crippen LogP contribution in [0.25, 0.3) is 5.82 Å². The van der Waals surface area contributed by atoms with Gasteiger partial charge in [0.15, 0.2) is 0 Å². The number of aryl methyl sites for hydroxylation is 1. The third-order valence-electron chi connectivity index (χ3n) is 3.92. The predicted molar refractivity (Wildman–Crippen MR) is 97.3 cm³/mol. The molecule has 0 amide bonds. The topological polar surface area (TPSA) is 109 Å². The molecule has 1 atom stereocenters. The van der Waals surface area contributed by atoms with Crippen molar-refractivity contribution >= 4 is 5.97 Å². The number of carbonyl (C=O) groups excluding carboxylic acids is 1. The van der Waals surface area contributed by atoms with Crippen molar-refractivity contribution in [3.63, 3.8) is 0 Å². The van der Waals surface area contributed by atoms with Crippen molar-refractivity contribution < 1.29 is 9.53 Å². The smallest absolute Gasteiger partial charge is 0.336 e. The van der Waals surface area contributed by atoms with E-state index in [1.54, 1.807) is 26.1 Å².